The molecule has 0 aliphatic carbocycles. The van der Waals surface area contributed by atoms with Crippen LogP contribution in [0.1, 0.15) is 24.0 Å². The van der Waals surface area contributed by atoms with Gasteiger partial charge in [0.05, 0.1) is 22.6 Å². The number of nitrogens with zero attached hydrogens (tertiary/aromatic N) is 1. The molecule has 2 aromatic heterocycles. The fourth-order valence-corrected chi connectivity index (χ4v) is 3.86. The first-order valence-electron chi connectivity index (χ1n) is 10.0. The lowest BCUT2D eigenvalue weighted by Gasteiger charge is -2.13. The number of amides is 1. The largest absolute Gasteiger partial charge is 0.418 e. The van der Waals surface area contributed by atoms with Crippen LogP contribution in [0, 0.1) is 0 Å². The maximum absolute atomic E-state index is 13.2. The number of H-pyrrole nitrogens is 1. The highest BCUT2D eigenvalue weighted by Gasteiger charge is 2.33. The summed E-state index contributed by atoms with van der Waals surface area (Å²) in [5.41, 5.74) is 2.36. The van der Waals surface area contributed by atoms with Crippen LogP contribution >= 0.6 is 11.6 Å². The predicted molar refractivity (Wildman–Crippen MR) is 120 cm³/mol. The molecule has 4 rings (SSSR count). The van der Waals surface area contributed by atoms with Gasteiger partial charge in [0, 0.05) is 28.5 Å². The van der Waals surface area contributed by atoms with Crippen LogP contribution < -0.4 is 5.32 Å². The van der Waals surface area contributed by atoms with Crippen molar-refractivity contribution in [1.29, 1.82) is 0 Å². The van der Waals surface area contributed by atoms with Crippen molar-refractivity contribution in [3.8, 4) is 11.4 Å². The normalized spacial score (nSPS) is 11.6. The van der Waals surface area contributed by atoms with Crippen molar-refractivity contribution >= 4 is 34.1 Å². The van der Waals surface area contributed by atoms with Crippen molar-refractivity contribution in [1.82, 2.24) is 9.97 Å². The number of anilines is 1. The van der Waals surface area contributed by atoms with E-state index in [4.69, 9.17) is 11.6 Å². The van der Waals surface area contributed by atoms with Crippen LogP contribution in [0.3, 0.4) is 0 Å². The molecule has 4 aromatic rings. The van der Waals surface area contributed by atoms with Crippen LogP contribution in [0.25, 0.3) is 22.3 Å². The number of benzene rings is 2. The fraction of sp³-hybridized carbons (Fsp3) is 0.167. The number of hydrogen-bond acceptors (Lipinski definition) is 2. The fourth-order valence-electron chi connectivity index (χ4n) is 3.69. The number of halogens is 4. The van der Waals surface area contributed by atoms with Crippen molar-refractivity contribution in [2.24, 2.45) is 0 Å². The maximum Gasteiger partial charge on any atom is 0.418 e. The van der Waals surface area contributed by atoms with Gasteiger partial charge in [-0.3, -0.25) is 9.78 Å². The molecule has 0 aliphatic rings. The van der Waals surface area contributed by atoms with E-state index < -0.39 is 17.6 Å². The van der Waals surface area contributed by atoms with Gasteiger partial charge in [-0.25, -0.2) is 0 Å². The third-order valence-electron chi connectivity index (χ3n) is 5.13. The molecule has 0 aliphatic heterocycles. The lowest BCUT2D eigenvalue weighted by molar-refractivity contribution is -0.137. The van der Waals surface area contributed by atoms with E-state index in [1.807, 2.05) is 30.3 Å². The zero-order valence-corrected chi connectivity index (χ0v) is 17.6. The highest BCUT2D eigenvalue weighted by Crippen LogP contribution is 2.35. The molecule has 8 heteroatoms. The molecule has 32 heavy (non-hydrogen) atoms. The van der Waals surface area contributed by atoms with Crippen LogP contribution in [0.15, 0.2) is 66.9 Å². The quantitative estimate of drug-likeness (QED) is 0.332. The summed E-state index contributed by atoms with van der Waals surface area (Å²) in [7, 11) is 0. The predicted octanol–water partition coefficient (Wildman–Crippen LogP) is 6.86. The number of hydrogen-bond donors (Lipinski definition) is 2. The van der Waals surface area contributed by atoms with Gasteiger partial charge in [-0.15, -0.1) is 0 Å². The molecule has 0 saturated carbocycles. The Balaban J connectivity index is 1.52. The van der Waals surface area contributed by atoms with Crippen LogP contribution in [0.5, 0.6) is 0 Å². The summed E-state index contributed by atoms with van der Waals surface area (Å²) in [5.74, 6) is -0.473. The minimum atomic E-state index is -4.54. The van der Waals surface area contributed by atoms with Gasteiger partial charge in [-0.1, -0.05) is 29.8 Å². The molecule has 2 heterocycles. The van der Waals surface area contributed by atoms with Crippen LogP contribution in [-0.4, -0.2) is 15.9 Å². The number of rotatable bonds is 6. The van der Waals surface area contributed by atoms with E-state index in [0.29, 0.717) is 17.9 Å². The second kappa shape index (κ2) is 9.04. The third kappa shape index (κ3) is 4.78. The number of para-hydroxylation sites is 1. The minimum absolute atomic E-state index is 0.0705. The molecule has 0 saturated heterocycles. The number of aryl methyl sites for hydroxylation is 1. The lowest BCUT2D eigenvalue weighted by atomic mass is 10.0. The molecule has 0 spiro atoms. The number of aromatic nitrogens is 2. The topological polar surface area (TPSA) is 57.8 Å². The number of nitrogens with one attached hydrogen (secondary N) is 2. The second-order valence-electron chi connectivity index (χ2n) is 7.33. The Morgan fingerprint density at radius 2 is 1.84 bits per heavy atom. The molecule has 2 N–H and O–H groups in total. The van der Waals surface area contributed by atoms with E-state index in [1.54, 1.807) is 12.3 Å². The number of fused-ring (bicyclic) bond motifs is 1. The second-order valence-corrected chi connectivity index (χ2v) is 7.76. The monoisotopic (exact) mass is 457 g/mol. The summed E-state index contributed by atoms with van der Waals surface area (Å²) < 4.78 is 39.5. The molecule has 0 atom stereocenters. The van der Waals surface area contributed by atoms with Crippen molar-refractivity contribution in [2.45, 2.75) is 25.4 Å². The summed E-state index contributed by atoms with van der Waals surface area (Å²) in [4.78, 5) is 20.1. The summed E-state index contributed by atoms with van der Waals surface area (Å²) in [6, 6.07) is 16.1. The van der Waals surface area contributed by atoms with Crippen LogP contribution in [-0.2, 0) is 17.4 Å². The van der Waals surface area contributed by atoms with Crippen molar-refractivity contribution in [3.05, 3.63) is 83.0 Å². The van der Waals surface area contributed by atoms with Gasteiger partial charge in [0.2, 0.25) is 5.91 Å². The lowest BCUT2D eigenvalue weighted by Crippen LogP contribution is -2.16. The van der Waals surface area contributed by atoms with E-state index in [-0.39, 0.29) is 12.1 Å². The Kier molecular flexibility index (Phi) is 6.19. The van der Waals surface area contributed by atoms with Crippen LogP contribution in [0.2, 0.25) is 5.02 Å². The Hall–Kier alpha value is -3.32. The third-order valence-corrected chi connectivity index (χ3v) is 5.36. The van der Waals surface area contributed by atoms with Crippen molar-refractivity contribution in [3.63, 3.8) is 0 Å². The number of alkyl halides is 3. The smallest absolute Gasteiger partial charge is 0.353 e. The zero-order chi connectivity index (χ0) is 22.7. The van der Waals surface area contributed by atoms with E-state index in [9.17, 15) is 18.0 Å². The number of aromatic amines is 1. The standard InChI is InChI=1S/C24H19ClF3N3O/c25-15-11-12-19-17(14-15)16(23(31-19)21-9-3-4-13-29-21)6-5-10-22(32)30-20-8-2-1-7-18(20)24(26,27)28/h1-4,7-9,11-14,31H,5-6,10H2,(H,30,32). The molecular weight excluding hydrogens is 439 g/mol. The van der Waals surface area contributed by atoms with Gasteiger partial charge < -0.3 is 10.3 Å². The Bertz CT molecular complexity index is 1250. The number of carbonyl (C=O) groups excluding carboxylic acids is 1. The first-order chi connectivity index (χ1) is 15.3. The van der Waals surface area contributed by atoms with Crippen molar-refractivity contribution in [2.75, 3.05) is 5.32 Å². The summed E-state index contributed by atoms with van der Waals surface area (Å²) in [6.45, 7) is 0. The Labute approximate surface area is 187 Å². The van der Waals surface area contributed by atoms with E-state index >= 15 is 0 Å². The summed E-state index contributed by atoms with van der Waals surface area (Å²) in [5, 5.41) is 3.91. The highest BCUT2D eigenvalue weighted by atomic mass is 35.5. The molecule has 0 radical (unpaired) electrons. The van der Waals surface area contributed by atoms with E-state index in [1.165, 1.54) is 18.2 Å². The van der Waals surface area contributed by atoms with E-state index in [2.05, 4.69) is 15.3 Å². The average molecular weight is 458 g/mol. The number of carbonyl (C=O) groups is 1. The average Bonchev–Trinajstić information content (AvgIpc) is 3.12. The van der Waals surface area contributed by atoms with Gasteiger partial charge in [0.15, 0.2) is 0 Å². The van der Waals surface area contributed by atoms with E-state index in [0.717, 1.165) is 33.9 Å². The summed E-state index contributed by atoms with van der Waals surface area (Å²) in [6.07, 6.45) is -1.80. The first kappa shape index (κ1) is 21.9. The molecule has 1 amide bonds. The SMILES string of the molecule is O=C(CCCc1c(-c2ccccn2)[nH]c2ccc(Cl)cc12)Nc1ccccc1C(F)(F)F. The molecule has 4 nitrogen and oxygen atoms in total. The highest BCUT2D eigenvalue weighted by molar-refractivity contribution is 6.31. The molecule has 0 bridgehead atoms. The summed E-state index contributed by atoms with van der Waals surface area (Å²) >= 11 is 6.19. The molecule has 0 fully saturated rings. The van der Waals surface area contributed by atoms with Gasteiger partial charge in [-0.05, 0) is 60.9 Å². The van der Waals surface area contributed by atoms with Gasteiger partial charge in [-0.2, -0.15) is 13.2 Å². The zero-order valence-electron chi connectivity index (χ0n) is 16.8. The number of pyridine rings is 1. The van der Waals surface area contributed by atoms with Gasteiger partial charge in [0.25, 0.3) is 0 Å². The van der Waals surface area contributed by atoms with Crippen LogP contribution in [0.4, 0.5) is 18.9 Å². The van der Waals surface area contributed by atoms with Gasteiger partial charge in [0.1, 0.15) is 0 Å². The Morgan fingerprint density at radius 1 is 1.06 bits per heavy atom. The van der Waals surface area contributed by atoms with Crippen molar-refractivity contribution < 1.29 is 18.0 Å². The minimum Gasteiger partial charge on any atom is -0.353 e. The first-order valence-corrected chi connectivity index (χ1v) is 10.4. The van der Waals surface area contributed by atoms with Gasteiger partial charge >= 0.3 is 6.18 Å². The Morgan fingerprint density at radius 3 is 2.59 bits per heavy atom. The maximum atomic E-state index is 13.2. The molecule has 2 aromatic carbocycles. The molecule has 0 unspecified atom stereocenters. The molecular formula is C24H19ClF3N3O. The molecule has 164 valence electrons.